The van der Waals surface area contributed by atoms with Crippen molar-refractivity contribution in [1.29, 1.82) is 0 Å². The lowest BCUT2D eigenvalue weighted by atomic mass is 10.4. The average molecular weight is 255 g/mol. The van der Waals surface area contributed by atoms with Crippen molar-refractivity contribution in [3.63, 3.8) is 0 Å². The minimum Gasteiger partial charge on any atom is -0.474 e. The second-order valence-electron chi connectivity index (χ2n) is 4.34. The van der Waals surface area contributed by atoms with Gasteiger partial charge in [-0.2, -0.15) is 5.10 Å². The molecule has 0 aromatic carbocycles. The van der Waals surface area contributed by atoms with Crippen LogP contribution in [0.25, 0.3) is 0 Å². The smallest absolute Gasteiger partial charge is 0.236 e. The Labute approximate surface area is 109 Å². The molecule has 0 aliphatic heterocycles. The van der Waals surface area contributed by atoms with Gasteiger partial charge in [-0.1, -0.05) is 20.3 Å². The van der Waals surface area contributed by atoms with Crippen LogP contribution in [-0.4, -0.2) is 29.6 Å². The third-order valence-corrected chi connectivity index (χ3v) is 2.67. The maximum absolute atomic E-state index is 5.95. The number of unbranched alkanes of at least 4 members (excludes halogenated alkanes) is 1. The van der Waals surface area contributed by atoms with E-state index in [2.05, 4.69) is 18.9 Å². The molecule has 5 nitrogen and oxygen atoms in total. The third-order valence-electron chi connectivity index (χ3n) is 2.67. The topological polar surface area (TPSA) is 62.3 Å². The Balaban J connectivity index is 2.40. The SMILES string of the molecule is CCCCOCCOc1c(N)c(C)nn1CCC. The van der Waals surface area contributed by atoms with Crippen molar-refractivity contribution in [3.05, 3.63) is 5.69 Å². The Morgan fingerprint density at radius 2 is 1.94 bits per heavy atom. The number of aryl methyl sites for hydroxylation is 2. The highest BCUT2D eigenvalue weighted by Crippen LogP contribution is 2.24. The fourth-order valence-electron chi connectivity index (χ4n) is 1.64. The van der Waals surface area contributed by atoms with Gasteiger partial charge in [0.25, 0.3) is 0 Å². The van der Waals surface area contributed by atoms with Gasteiger partial charge in [0.15, 0.2) is 0 Å². The summed E-state index contributed by atoms with van der Waals surface area (Å²) in [7, 11) is 0. The Kier molecular flexibility index (Phi) is 6.57. The van der Waals surface area contributed by atoms with Crippen molar-refractivity contribution in [2.24, 2.45) is 0 Å². The second-order valence-corrected chi connectivity index (χ2v) is 4.34. The lowest BCUT2D eigenvalue weighted by molar-refractivity contribution is 0.0947. The van der Waals surface area contributed by atoms with E-state index >= 15 is 0 Å². The average Bonchev–Trinajstić information content (AvgIpc) is 2.61. The Morgan fingerprint density at radius 1 is 1.17 bits per heavy atom. The first-order valence-corrected chi connectivity index (χ1v) is 6.74. The molecule has 18 heavy (non-hydrogen) atoms. The third kappa shape index (κ3) is 4.22. The van der Waals surface area contributed by atoms with Gasteiger partial charge in [0.1, 0.15) is 12.3 Å². The van der Waals surface area contributed by atoms with Crippen molar-refractivity contribution in [1.82, 2.24) is 9.78 Å². The molecule has 0 saturated heterocycles. The van der Waals surface area contributed by atoms with Crippen molar-refractivity contribution in [2.45, 2.75) is 46.6 Å². The fourth-order valence-corrected chi connectivity index (χ4v) is 1.64. The molecular weight excluding hydrogens is 230 g/mol. The minimum atomic E-state index is 0.517. The zero-order valence-corrected chi connectivity index (χ0v) is 11.7. The maximum Gasteiger partial charge on any atom is 0.236 e. The van der Waals surface area contributed by atoms with E-state index in [1.165, 1.54) is 0 Å². The molecule has 1 rings (SSSR count). The first kappa shape index (κ1) is 14.8. The highest BCUT2D eigenvalue weighted by molar-refractivity contribution is 5.52. The van der Waals surface area contributed by atoms with Crippen molar-refractivity contribution in [2.75, 3.05) is 25.6 Å². The molecule has 0 spiro atoms. The molecule has 2 N–H and O–H groups in total. The van der Waals surface area contributed by atoms with E-state index in [4.69, 9.17) is 15.2 Å². The Morgan fingerprint density at radius 3 is 2.61 bits per heavy atom. The molecule has 0 atom stereocenters. The van der Waals surface area contributed by atoms with Gasteiger partial charge in [0, 0.05) is 13.2 Å². The van der Waals surface area contributed by atoms with Gasteiger partial charge in [-0.05, 0) is 19.8 Å². The van der Waals surface area contributed by atoms with Gasteiger partial charge in [0.2, 0.25) is 5.88 Å². The van der Waals surface area contributed by atoms with Gasteiger partial charge in [-0.15, -0.1) is 0 Å². The van der Waals surface area contributed by atoms with E-state index < -0.39 is 0 Å². The zero-order chi connectivity index (χ0) is 13.4. The molecule has 0 amide bonds. The molecule has 0 radical (unpaired) electrons. The van der Waals surface area contributed by atoms with Gasteiger partial charge < -0.3 is 15.2 Å². The van der Waals surface area contributed by atoms with Crippen LogP contribution < -0.4 is 10.5 Å². The fraction of sp³-hybridized carbons (Fsp3) is 0.769. The standard InChI is InChI=1S/C13H25N3O2/c1-4-6-8-17-9-10-18-13-12(14)11(3)15-16(13)7-5-2/h4-10,14H2,1-3H3. The highest BCUT2D eigenvalue weighted by Gasteiger charge is 2.12. The van der Waals surface area contributed by atoms with E-state index in [0.29, 0.717) is 24.8 Å². The van der Waals surface area contributed by atoms with Gasteiger partial charge in [-0.3, -0.25) is 0 Å². The number of nitrogens with zero attached hydrogens (tertiary/aromatic N) is 2. The van der Waals surface area contributed by atoms with E-state index in [1.807, 2.05) is 11.6 Å². The van der Waals surface area contributed by atoms with Crippen LogP contribution in [0.1, 0.15) is 38.8 Å². The van der Waals surface area contributed by atoms with Crippen molar-refractivity contribution >= 4 is 5.69 Å². The van der Waals surface area contributed by atoms with Crippen LogP contribution in [0.5, 0.6) is 5.88 Å². The first-order chi connectivity index (χ1) is 8.70. The summed E-state index contributed by atoms with van der Waals surface area (Å²) in [6, 6.07) is 0. The normalized spacial score (nSPS) is 10.8. The van der Waals surface area contributed by atoms with Crippen LogP contribution in [-0.2, 0) is 11.3 Å². The van der Waals surface area contributed by atoms with Crippen LogP contribution >= 0.6 is 0 Å². The zero-order valence-electron chi connectivity index (χ0n) is 11.7. The number of anilines is 1. The molecule has 0 aliphatic carbocycles. The van der Waals surface area contributed by atoms with Crippen molar-refractivity contribution in [3.8, 4) is 5.88 Å². The molecule has 1 heterocycles. The summed E-state index contributed by atoms with van der Waals surface area (Å²) in [5.74, 6) is 0.674. The minimum absolute atomic E-state index is 0.517. The molecule has 0 bridgehead atoms. The van der Waals surface area contributed by atoms with E-state index in [9.17, 15) is 0 Å². The summed E-state index contributed by atoms with van der Waals surface area (Å²) < 4.78 is 12.9. The summed E-state index contributed by atoms with van der Waals surface area (Å²) >= 11 is 0. The Hall–Kier alpha value is -1.23. The monoisotopic (exact) mass is 255 g/mol. The highest BCUT2D eigenvalue weighted by atomic mass is 16.5. The van der Waals surface area contributed by atoms with Crippen LogP contribution in [0.2, 0.25) is 0 Å². The summed E-state index contributed by atoms with van der Waals surface area (Å²) in [4.78, 5) is 0. The number of ether oxygens (including phenoxy) is 2. The van der Waals surface area contributed by atoms with Gasteiger partial charge in [0.05, 0.1) is 12.3 Å². The number of hydrogen-bond donors (Lipinski definition) is 1. The molecule has 0 unspecified atom stereocenters. The molecule has 104 valence electrons. The van der Waals surface area contributed by atoms with E-state index in [-0.39, 0.29) is 0 Å². The van der Waals surface area contributed by atoms with Crippen LogP contribution in [0, 0.1) is 6.92 Å². The number of hydrogen-bond acceptors (Lipinski definition) is 4. The molecule has 0 aliphatic rings. The number of nitrogen functional groups attached to an aromatic ring is 1. The van der Waals surface area contributed by atoms with E-state index in [0.717, 1.165) is 38.1 Å². The molecule has 0 saturated carbocycles. The Bertz CT molecular complexity index is 350. The van der Waals surface area contributed by atoms with E-state index in [1.54, 1.807) is 0 Å². The van der Waals surface area contributed by atoms with Crippen LogP contribution in [0.3, 0.4) is 0 Å². The number of nitrogens with two attached hydrogens (primary N) is 1. The second kappa shape index (κ2) is 7.97. The molecule has 1 aromatic heterocycles. The quantitative estimate of drug-likeness (QED) is 0.688. The van der Waals surface area contributed by atoms with Crippen LogP contribution in [0.4, 0.5) is 5.69 Å². The molecule has 1 aromatic rings. The maximum atomic E-state index is 5.95. The predicted octanol–water partition coefficient (Wildman–Crippen LogP) is 2.38. The van der Waals surface area contributed by atoms with Gasteiger partial charge >= 0.3 is 0 Å². The molecule has 0 fully saturated rings. The lowest BCUT2D eigenvalue weighted by Crippen LogP contribution is -2.11. The first-order valence-electron chi connectivity index (χ1n) is 6.74. The molecule has 5 heteroatoms. The lowest BCUT2D eigenvalue weighted by Gasteiger charge is -2.09. The van der Waals surface area contributed by atoms with Gasteiger partial charge in [-0.25, -0.2) is 4.68 Å². The van der Waals surface area contributed by atoms with Crippen molar-refractivity contribution < 1.29 is 9.47 Å². The summed E-state index contributed by atoms with van der Waals surface area (Å²) in [6.07, 6.45) is 3.25. The predicted molar refractivity (Wildman–Crippen MR) is 72.9 cm³/mol. The molecular formula is C13H25N3O2. The number of aromatic nitrogens is 2. The summed E-state index contributed by atoms with van der Waals surface area (Å²) in [6.45, 7) is 8.87. The number of rotatable bonds is 9. The van der Waals surface area contributed by atoms with Crippen LogP contribution in [0.15, 0.2) is 0 Å². The summed E-state index contributed by atoms with van der Waals surface area (Å²) in [5.41, 5.74) is 7.41. The largest absolute Gasteiger partial charge is 0.474 e. The summed E-state index contributed by atoms with van der Waals surface area (Å²) in [5, 5.41) is 4.35.